The lowest BCUT2D eigenvalue weighted by atomic mass is 9.97. The van der Waals surface area contributed by atoms with Crippen LogP contribution in [0.1, 0.15) is 259 Å². The Bertz CT molecular complexity index is 3480. The number of aliphatic hydroxyl groups is 1. The van der Waals surface area contributed by atoms with Crippen LogP contribution in [0.3, 0.4) is 0 Å². The van der Waals surface area contributed by atoms with Gasteiger partial charge < -0.3 is 107 Å². The van der Waals surface area contributed by atoms with Crippen molar-refractivity contribution < 1.29 is 101 Å². The molecule has 1 heterocycles. The van der Waals surface area contributed by atoms with Gasteiger partial charge >= 0.3 is 5.97 Å². The second-order valence-electron chi connectivity index (χ2n) is 34.6. The summed E-state index contributed by atoms with van der Waals surface area (Å²) in [6.45, 7) is 28.8. The van der Waals surface area contributed by atoms with Crippen LogP contribution >= 0.6 is 0 Å². The van der Waals surface area contributed by atoms with Crippen molar-refractivity contribution in [2.75, 3.05) is 6.61 Å². The van der Waals surface area contributed by atoms with Gasteiger partial charge in [0.1, 0.15) is 91.2 Å². The molecule has 1 aliphatic rings. The summed E-state index contributed by atoms with van der Waals surface area (Å²) in [6, 6.07) is -22.0. The number of nitrogens with one attached hydrogen (secondary N) is 14. The quantitative estimate of drug-likeness (QED) is 0.0260. The summed E-state index contributed by atoms with van der Waals surface area (Å²) in [5, 5.41) is 46.6. The van der Waals surface area contributed by atoms with E-state index in [9.17, 15) is 86.6 Å². The van der Waals surface area contributed by atoms with Crippen LogP contribution < -0.4 is 97.4 Å². The van der Waals surface area contributed by atoms with Crippen LogP contribution in [0.4, 0.5) is 0 Å². The highest BCUT2D eigenvalue weighted by Crippen LogP contribution is 2.19. The molecule has 0 radical (unpaired) electrons. The molecule has 1 rings (SSSR count). The molecule has 1 aliphatic heterocycles. The molecule has 121 heavy (non-hydrogen) atoms. The Kier molecular flexibility index (Phi) is 50.2. The molecule has 16 atom stereocenters. The smallest absolute Gasteiger partial charge is 0.329 e. The molecule has 0 aromatic carbocycles. The highest BCUT2D eigenvalue weighted by atomic mass is 16.5. The Balaban J connectivity index is 4.16. The number of ether oxygens (including phenoxy) is 1. The number of primary amides is 4. The molecule has 0 aliphatic carbocycles. The molecule has 0 aromatic rings. The van der Waals surface area contributed by atoms with Gasteiger partial charge in [-0.25, -0.2) is 4.79 Å². The molecule has 39 heteroatoms. The number of carbonyl (C=O) groups is 19. The second kappa shape index (κ2) is 55.7. The van der Waals surface area contributed by atoms with E-state index >= 15 is 9.59 Å². The molecule has 1 fully saturated rings. The first-order chi connectivity index (χ1) is 56.4. The number of rotatable bonds is 47. The van der Waals surface area contributed by atoms with Crippen molar-refractivity contribution in [1.82, 2.24) is 74.4 Å². The fraction of sp³-hybridized carbons (Fsp3) is 0.768. The Labute approximate surface area is 711 Å². The van der Waals surface area contributed by atoms with Gasteiger partial charge in [-0.3, -0.25) is 86.3 Å². The minimum absolute atomic E-state index is 0.0388. The monoisotopic (exact) mass is 1720 g/mol. The van der Waals surface area contributed by atoms with E-state index in [1.54, 1.807) is 62.3 Å². The average Bonchev–Trinajstić information content (AvgIpc) is 0.981. The van der Waals surface area contributed by atoms with Gasteiger partial charge in [-0.15, -0.1) is 0 Å². The van der Waals surface area contributed by atoms with Gasteiger partial charge in [0.2, 0.25) is 106 Å². The van der Waals surface area contributed by atoms with Gasteiger partial charge in [0, 0.05) is 25.7 Å². The van der Waals surface area contributed by atoms with Gasteiger partial charge in [-0.05, 0) is 118 Å². The number of aliphatic hydroxyl groups excluding tert-OH is 1. The summed E-state index contributed by atoms with van der Waals surface area (Å²) in [4.78, 5) is 266. The van der Waals surface area contributed by atoms with Crippen molar-refractivity contribution in [3.63, 3.8) is 0 Å². The molecular weight excluding hydrogens is 1570 g/mol. The normalized spacial score (nSPS) is 20.9. The second-order valence-corrected chi connectivity index (χ2v) is 34.6. The van der Waals surface area contributed by atoms with E-state index in [-0.39, 0.29) is 68.6 Å². The maximum atomic E-state index is 15.1. The minimum Gasteiger partial charge on any atom is -0.461 e. The van der Waals surface area contributed by atoms with E-state index in [0.29, 0.717) is 12.8 Å². The summed E-state index contributed by atoms with van der Waals surface area (Å²) in [5.74, 6) is -22.6. The molecule has 23 N–H and O–H groups in total. The number of esters is 1. The van der Waals surface area contributed by atoms with Gasteiger partial charge in [-0.1, -0.05) is 156 Å². The third-order valence-corrected chi connectivity index (χ3v) is 20.1. The van der Waals surface area contributed by atoms with Crippen LogP contribution in [0, 0.1) is 47.3 Å². The molecule has 18 amide bonds. The van der Waals surface area contributed by atoms with E-state index in [4.69, 9.17) is 27.7 Å². The van der Waals surface area contributed by atoms with Crippen LogP contribution in [0.25, 0.3) is 0 Å². The van der Waals surface area contributed by atoms with E-state index in [1.165, 1.54) is 41.5 Å². The lowest BCUT2D eigenvalue weighted by molar-refractivity contribution is -0.152. The predicted octanol–water partition coefficient (Wildman–Crippen LogP) is -0.888. The number of hydrogen-bond acceptors (Lipinski definition) is 21. The van der Waals surface area contributed by atoms with Gasteiger partial charge in [-0.2, -0.15) is 0 Å². The maximum Gasteiger partial charge on any atom is 0.329 e. The number of nitrogens with two attached hydrogens (primary N) is 4. The number of cyclic esters (lactones) is 1. The zero-order chi connectivity index (χ0) is 92.4. The van der Waals surface area contributed by atoms with Crippen molar-refractivity contribution >= 4 is 112 Å². The molecule has 0 spiro atoms. The standard InChI is InChI=1S/C82H144N18O21/c1-19-21-22-23-24-25-50(101)39-65(106)88-55(34-41(3)4)74(112)87-49(18)69(107)89-53(28-32-63(85)104)72(110)98-66(46(13)14)80(118)95-59(38-45(11)12)77(115)91-52(27-31-62(84)103)71(109)97-60-40-121-82(120)68(48(17)20-2)100-73(111)54(29-33-64(86)105)92-75(113)56(35-42(5)6)94-78(116)57(36-43(7)8)93-70(108)51(26-30-61(83)102)90-76(114)58(37-44(9)10)96-81(119)67(47(15)16)99-79(60)117/h41-60,66-68,101H,19-40H2,1-18H3,(H2,83,102)(H2,84,103)(H2,85,104)(H2,86,105)(H,87,112)(H,88,106)(H,89,107)(H,90,114)(H,91,115)(H,92,113)(H,93,108)(H,94,116)(H,95,118)(H,96,119)(H,97,109)(H,98,110)(H,99,117)(H,100,111)/t48-,49+,50+,51+,52-,53+,54+,55-,56-,57-,58+,59+,60+,66+,67+,68-/m0/s1. The summed E-state index contributed by atoms with van der Waals surface area (Å²) in [6.07, 6.45) is -0.156. The predicted molar refractivity (Wildman–Crippen MR) is 448 cm³/mol. The third kappa shape index (κ3) is 43.3. The fourth-order valence-electron chi connectivity index (χ4n) is 13.1. The summed E-state index contributed by atoms with van der Waals surface area (Å²) in [5.41, 5.74) is 22.2. The zero-order valence-corrected chi connectivity index (χ0v) is 74.3. The molecule has 0 aromatic heterocycles. The topological polar surface area (TPSA) is 626 Å². The van der Waals surface area contributed by atoms with Crippen molar-refractivity contribution in [3.8, 4) is 0 Å². The highest BCUT2D eigenvalue weighted by Gasteiger charge is 2.41. The highest BCUT2D eigenvalue weighted by molar-refractivity contribution is 6.01. The maximum absolute atomic E-state index is 15.1. The fourth-order valence-corrected chi connectivity index (χ4v) is 13.1. The van der Waals surface area contributed by atoms with Crippen LogP contribution in [-0.2, 0) is 95.8 Å². The Morgan fingerprint density at radius 3 is 1.22 bits per heavy atom. The van der Waals surface area contributed by atoms with E-state index in [2.05, 4.69) is 81.4 Å². The molecule has 688 valence electrons. The summed E-state index contributed by atoms with van der Waals surface area (Å²) < 4.78 is 5.80. The van der Waals surface area contributed by atoms with E-state index in [0.717, 1.165) is 25.7 Å². The van der Waals surface area contributed by atoms with Crippen LogP contribution in [0.15, 0.2) is 0 Å². The third-order valence-electron chi connectivity index (χ3n) is 20.1. The first-order valence-electron chi connectivity index (χ1n) is 42.6. The van der Waals surface area contributed by atoms with Crippen molar-refractivity contribution in [2.24, 2.45) is 70.3 Å². The lowest BCUT2D eigenvalue weighted by Crippen LogP contribution is -2.62. The Morgan fingerprint density at radius 2 is 0.793 bits per heavy atom. The molecule has 1 saturated heterocycles. The molecular formula is C82H144N18O21. The van der Waals surface area contributed by atoms with E-state index in [1.807, 2.05) is 13.8 Å². The van der Waals surface area contributed by atoms with Crippen LogP contribution in [0.2, 0.25) is 0 Å². The SMILES string of the molecule is CCCCCCC[C@@H](O)CC(=O)N[C@@H](CC(C)C)C(=O)N[C@H](C)C(=O)N[C@H](CCC(N)=O)C(=O)N[C@@H](C(=O)N[C@H](CC(C)C)C(=O)N[C@@H](CCC(N)=O)C(=O)N[C@@H]1COC(=O)[C@H]([C@@H](C)CC)NC(=O)[C@@H](CCC(N)=O)NC(=O)[C@H](CC(C)C)NC(=O)[C@H](CC(C)C)NC(=O)[C@@H](CCC(N)=O)NC(=O)[C@@H](CC(C)C)NC(=O)[C@@H](C(C)C)NC1=O)C(C)C. The van der Waals surface area contributed by atoms with E-state index < -0.39 is 285 Å². The first-order valence-corrected chi connectivity index (χ1v) is 42.6. The number of carbonyl (C=O) groups excluding carboxylic acids is 19. The average molecular weight is 1720 g/mol. The number of amides is 18. The van der Waals surface area contributed by atoms with Gasteiger partial charge in [0.25, 0.3) is 0 Å². The first kappa shape index (κ1) is 109. The van der Waals surface area contributed by atoms with Crippen LogP contribution in [0.5, 0.6) is 0 Å². The molecule has 39 nitrogen and oxygen atoms in total. The molecule has 0 bridgehead atoms. The largest absolute Gasteiger partial charge is 0.461 e. The molecule has 0 unspecified atom stereocenters. The zero-order valence-electron chi connectivity index (χ0n) is 74.3. The Morgan fingerprint density at radius 1 is 0.405 bits per heavy atom. The summed E-state index contributed by atoms with van der Waals surface area (Å²) in [7, 11) is 0. The number of unbranched alkanes of at least 4 members (excludes halogenated alkanes) is 4. The number of hydrogen-bond donors (Lipinski definition) is 19. The van der Waals surface area contributed by atoms with Crippen LogP contribution in [-0.4, -0.2) is 215 Å². The lowest BCUT2D eigenvalue weighted by Gasteiger charge is -2.30. The summed E-state index contributed by atoms with van der Waals surface area (Å²) >= 11 is 0. The molecule has 0 saturated carbocycles. The van der Waals surface area contributed by atoms with Gasteiger partial charge in [0.05, 0.1) is 12.5 Å². The van der Waals surface area contributed by atoms with Crippen molar-refractivity contribution in [1.29, 1.82) is 0 Å². The Hall–Kier alpha value is -10.1. The van der Waals surface area contributed by atoms with Gasteiger partial charge in [0.15, 0.2) is 0 Å². The van der Waals surface area contributed by atoms with Crippen molar-refractivity contribution in [3.05, 3.63) is 0 Å². The minimum atomic E-state index is -2.09. The van der Waals surface area contributed by atoms with Crippen molar-refractivity contribution in [2.45, 2.75) is 350 Å².